The van der Waals surface area contributed by atoms with Gasteiger partial charge in [-0.25, -0.2) is 0 Å². The van der Waals surface area contributed by atoms with E-state index in [0.717, 1.165) is 17.5 Å². The minimum Gasteiger partial charge on any atom is -0.496 e. The van der Waals surface area contributed by atoms with Gasteiger partial charge in [-0.3, -0.25) is 0 Å². The topological polar surface area (TPSA) is 9.23 Å². The third-order valence-electron chi connectivity index (χ3n) is 2.47. The van der Waals surface area contributed by atoms with Crippen LogP contribution in [-0.4, -0.2) is 12.4 Å². The van der Waals surface area contributed by atoms with E-state index in [-0.39, 0.29) is 5.41 Å². The molecule has 0 saturated carbocycles. The van der Waals surface area contributed by atoms with Crippen LogP contribution in [0.25, 0.3) is 0 Å². The van der Waals surface area contributed by atoms with Gasteiger partial charge in [0.15, 0.2) is 0 Å². The summed E-state index contributed by atoms with van der Waals surface area (Å²) < 4.78 is 5.40. The molecular formula is C13H19BrO. The number of rotatable bonds is 4. The molecular weight excluding hydrogens is 252 g/mol. The van der Waals surface area contributed by atoms with Crippen molar-refractivity contribution >= 4 is 15.9 Å². The first-order chi connectivity index (χ1) is 6.98. The van der Waals surface area contributed by atoms with Gasteiger partial charge in [-0.05, 0) is 36.0 Å². The first kappa shape index (κ1) is 12.6. The Kier molecular flexibility index (Phi) is 4.21. The summed E-state index contributed by atoms with van der Waals surface area (Å²) in [5.74, 6) is 1.00. The summed E-state index contributed by atoms with van der Waals surface area (Å²) in [5.41, 5.74) is 2.79. The maximum absolute atomic E-state index is 5.40. The van der Waals surface area contributed by atoms with Crippen molar-refractivity contribution in [1.82, 2.24) is 0 Å². The van der Waals surface area contributed by atoms with Crippen LogP contribution in [0, 0.1) is 12.3 Å². The van der Waals surface area contributed by atoms with Crippen molar-refractivity contribution in [3.63, 3.8) is 0 Å². The minimum atomic E-state index is 0.266. The van der Waals surface area contributed by atoms with Crippen LogP contribution in [-0.2, 0) is 6.42 Å². The molecule has 1 aromatic carbocycles. The Morgan fingerprint density at radius 3 is 2.53 bits per heavy atom. The molecule has 0 saturated heterocycles. The van der Waals surface area contributed by atoms with Crippen molar-refractivity contribution in [2.45, 2.75) is 27.2 Å². The molecule has 0 fully saturated rings. The normalized spacial score (nSPS) is 11.5. The van der Waals surface area contributed by atoms with E-state index in [1.807, 2.05) is 0 Å². The van der Waals surface area contributed by atoms with Crippen molar-refractivity contribution < 1.29 is 4.74 Å². The fourth-order valence-electron chi connectivity index (χ4n) is 1.56. The lowest BCUT2D eigenvalue weighted by Crippen LogP contribution is -2.17. The lowest BCUT2D eigenvalue weighted by Gasteiger charge is -2.23. The zero-order valence-corrected chi connectivity index (χ0v) is 11.5. The Morgan fingerprint density at radius 2 is 2.00 bits per heavy atom. The molecule has 0 aliphatic rings. The van der Waals surface area contributed by atoms with Gasteiger partial charge < -0.3 is 4.74 Å². The highest BCUT2D eigenvalue weighted by atomic mass is 79.9. The SMILES string of the molecule is COc1cc(C)ccc1CC(C)(C)CBr. The van der Waals surface area contributed by atoms with E-state index < -0.39 is 0 Å². The maximum atomic E-state index is 5.40. The molecule has 0 spiro atoms. The smallest absolute Gasteiger partial charge is 0.122 e. The highest BCUT2D eigenvalue weighted by molar-refractivity contribution is 9.09. The van der Waals surface area contributed by atoms with E-state index in [1.54, 1.807) is 7.11 Å². The lowest BCUT2D eigenvalue weighted by molar-refractivity contribution is 0.384. The number of methoxy groups -OCH3 is 1. The summed E-state index contributed by atoms with van der Waals surface area (Å²) in [6, 6.07) is 6.40. The van der Waals surface area contributed by atoms with Crippen molar-refractivity contribution in [3.8, 4) is 5.75 Å². The third kappa shape index (κ3) is 3.53. The summed E-state index contributed by atoms with van der Waals surface area (Å²) in [6.07, 6.45) is 1.03. The zero-order chi connectivity index (χ0) is 11.5. The molecule has 0 heterocycles. The molecule has 0 aromatic heterocycles. The van der Waals surface area contributed by atoms with Gasteiger partial charge in [0, 0.05) is 5.33 Å². The van der Waals surface area contributed by atoms with Crippen LogP contribution in [0.3, 0.4) is 0 Å². The maximum Gasteiger partial charge on any atom is 0.122 e. The Morgan fingerprint density at radius 1 is 1.33 bits per heavy atom. The van der Waals surface area contributed by atoms with Crippen LogP contribution in [0.2, 0.25) is 0 Å². The lowest BCUT2D eigenvalue weighted by atomic mass is 9.87. The fourth-order valence-corrected chi connectivity index (χ4v) is 1.76. The summed E-state index contributed by atoms with van der Waals surface area (Å²) in [7, 11) is 1.74. The van der Waals surface area contributed by atoms with Gasteiger partial charge in [-0.15, -0.1) is 0 Å². The second-order valence-electron chi connectivity index (χ2n) is 4.79. The van der Waals surface area contributed by atoms with Gasteiger partial charge in [0.2, 0.25) is 0 Å². The first-order valence-corrected chi connectivity index (χ1v) is 6.30. The molecule has 0 bridgehead atoms. The Balaban J connectivity index is 2.94. The highest BCUT2D eigenvalue weighted by Crippen LogP contribution is 2.29. The number of ether oxygens (including phenoxy) is 1. The Bertz CT molecular complexity index is 331. The third-order valence-corrected chi connectivity index (χ3v) is 3.99. The van der Waals surface area contributed by atoms with Crippen LogP contribution < -0.4 is 4.74 Å². The molecule has 84 valence electrons. The van der Waals surface area contributed by atoms with E-state index in [2.05, 4.69) is 54.9 Å². The summed E-state index contributed by atoms with van der Waals surface area (Å²) in [4.78, 5) is 0. The molecule has 0 amide bonds. The molecule has 0 atom stereocenters. The quantitative estimate of drug-likeness (QED) is 0.753. The molecule has 1 nitrogen and oxygen atoms in total. The average molecular weight is 271 g/mol. The van der Waals surface area contributed by atoms with Gasteiger partial charge in [0.25, 0.3) is 0 Å². The number of alkyl halides is 1. The predicted octanol–water partition coefficient (Wildman–Crippen LogP) is 3.97. The molecule has 0 aliphatic heterocycles. The van der Waals surface area contributed by atoms with Crippen LogP contribution in [0.15, 0.2) is 18.2 Å². The fraction of sp³-hybridized carbons (Fsp3) is 0.538. The standard InChI is InChI=1S/C13H19BrO/c1-10-5-6-11(12(7-10)15-4)8-13(2,3)9-14/h5-7H,8-9H2,1-4H3. The van der Waals surface area contributed by atoms with Crippen molar-refractivity contribution in [2.75, 3.05) is 12.4 Å². The van der Waals surface area contributed by atoms with Crippen LogP contribution in [0.4, 0.5) is 0 Å². The van der Waals surface area contributed by atoms with Gasteiger partial charge in [0.05, 0.1) is 7.11 Å². The molecule has 0 aliphatic carbocycles. The van der Waals surface area contributed by atoms with E-state index in [0.29, 0.717) is 0 Å². The van der Waals surface area contributed by atoms with Crippen LogP contribution >= 0.6 is 15.9 Å². The van der Waals surface area contributed by atoms with Crippen LogP contribution in [0.5, 0.6) is 5.75 Å². The van der Waals surface area contributed by atoms with Gasteiger partial charge in [0.1, 0.15) is 5.75 Å². The monoisotopic (exact) mass is 270 g/mol. The minimum absolute atomic E-state index is 0.266. The summed E-state index contributed by atoms with van der Waals surface area (Å²) in [5, 5.41) is 0.997. The first-order valence-electron chi connectivity index (χ1n) is 5.18. The molecule has 15 heavy (non-hydrogen) atoms. The predicted molar refractivity (Wildman–Crippen MR) is 69.0 cm³/mol. The number of halogens is 1. The van der Waals surface area contributed by atoms with Crippen LogP contribution in [0.1, 0.15) is 25.0 Å². The molecule has 0 radical (unpaired) electrons. The van der Waals surface area contributed by atoms with Gasteiger partial charge in [-0.1, -0.05) is 41.9 Å². The largest absolute Gasteiger partial charge is 0.496 e. The van der Waals surface area contributed by atoms with Crippen molar-refractivity contribution in [1.29, 1.82) is 0 Å². The van der Waals surface area contributed by atoms with E-state index in [1.165, 1.54) is 11.1 Å². The Labute approximate surface area is 101 Å². The number of benzene rings is 1. The molecule has 0 N–H and O–H groups in total. The molecule has 2 heteroatoms. The van der Waals surface area contributed by atoms with Gasteiger partial charge in [-0.2, -0.15) is 0 Å². The second kappa shape index (κ2) is 5.02. The van der Waals surface area contributed by atoms with Crippen molar-refractivity contribution in [2.24, 2.45) is 5.41 Å². The number of hydrogen-bond acceptors (Lipinski definition) is 1. The van der Waals surface area contributed by atoms with E-state index >= 15 is 0 Å². The van der Waals surface area contributed by atoms with E-state index in [4.69, 9.17) is 4.74 Å². The van der Waals surface area contributed by atoms with Gasteiger partial charge >= 0.3 is 0 Å². The highest BCUT2D eigenvalue weighted by Gasteiger charge is 2.18. The van der Waals surface area contributed by atoms with E-state index in [9.17, 15) is 0 Å². The summed E-state index contributed by atoms with van der Waals surface area (Å²) >= 11 is 3.55. The number of aryl methyl sites for hydroxylation is 1. The number of hydrogen-bond donors (Lipinski definition) is 0. The summed E-state index contributed by atoms with van der Waals surface area (Å²) in [6.45, 7) is 6.59. The Hall–Kier alpha value is -0.500. The van der Waals surface area contributed by atoms with Crippen molar-refractivity contribution in [3.05, 3.63) is 29.3 Å². The second-order valence-corrected chi connectivity index (χ2v) is 5.35. The zero-order valence-electron chi connectivity index (χ0n) is 9.93. The average Bonchev–Trinajstić information content (AvgIpc) is 2.20. The molecule has 0 unspecified atom stereocenters. The molecule has 1 rings (SSSR count). The molecule has 1 aromatic rings.